The number of fused-ring (bicyclic) bond motifs is 1. The van der Waals surface area contributed by atoms with E-state index in [0.717, 1.165) is 31.4 Å². The number of nitrogens with one attached hydrogen (secondary N) is 2. The van der Waals surface area contributed by atoms with Crippen LogP contribution < -0.4 is 5.32 Å². The van der Waals surface area contributed by atoms with E-state index in [4.69, 9.17) is 0 Å². The summed E-state index contributed by atoms with van der Waals surface area (Å²) in [6, 6.07) is 17.1. The van der Waals surface area contributed by atoms with E-state index >= 15 is 0 Å². The summed E-state index contributed by atoms with van der Waals surface area (Å²) in [6.07, 6.45) is 3.76. The van der Waals surface area contributed by atoms with E-state index in [2.05, 4.69) is 34.6 Å². The van der Waals surface area contributed by atoms with Gasteiger partial charge < -0.3 is 10.3 Å². The highest BCUT2D eigenvalue weighted by molar-refractivity contribution is 7.89. The number of rotatable bonds is 6. The molecule has 6 heteroatoms. The van der Waals surface area contributed by atoms with Gasteiger partial charge in [0, 0.05) is 36.7 Å². The van der Waals surface area contributed by atoms with E-state index in [1.54, 1.807) is 28.6 Å². The number of H-pyrrole nitrogens is 1. The molecule has 2 heterocycles. The first kappa shape index (κ1) is 18.2. The summed E-state index contributed by atoms with van der Waals surface area (Å²) in [7, 11) is -3.36. The van der Waals surface area contributed by atoms with Crippen LogP contribution in [0.1, 0.15) is 18.4 Å². The van der Waals surface area contributed by atoms with Crippen molar-refractivity contribution in [1.29, 1.82) is 0 Å². The van der Waals surface area contributed by atoms with Crippen molar-refractivity contribution in [2.45, 2.75) is 24.3 Å². The summed E-state index contributed by atoms with van der Waals surface area (Å²) in [4.78, 5) is 3.63. The molecule has 27 heavy (non-hydrogen) atoms. The second kappa shape index (κ2) is 7.84. The Bertz CT molecular complexity index is 990. The SMILES string of the molecule is O=S(=O)(c1ccccc1)N1CCC(CNCc2cccc3[nH]ccc23)CC1. The molecule has 142 valence electrons. The van der Waals surface area contributed by atoms with Gasteiger partial charge in [-0.1, -0.05) is 30.3 Å². The number of piperidine rings is 1. The summed E-state index contributed by atoms with van der Waals surface area (Å²) >= 11 is 0. The standard InChI is InChI=1S/C21H25N3O2S/c25-27(26,19-6-2-1-3-7-19)24-13-10-17(11-14-24)15-22-16-18-5-4-8-21-20(18)9-12-23-21/h1-9,12,17,22-23H,10-11,13-16H2. The predicted molar refractivity (Wildman–Crippen MR) is 108 cm³/mol. The van der Waals surface area contributed by atoms with Crippen LogP contribution in [0.25, 0.3) is 10.9 Å². The molecule has 5 nitrogen and oxygen atoms in total. The molecule has 1 aliphatic rings. The van der Waals surface area contributed by atoms with Crippen molar-refractivity contribution in [2.75, 3.05) is 19.6 Å². The summed E-state index contributed by atoms with van der Waals surface area (Å²) in [5.41, 5.74) is 2.45. The molecule has 4 rings (SSSR count). The van der Waals surface area contributed by atoms with Gasteiger partial charge in [-0.15, -0.1) is 0 Å². The van der Waals surface area contributed by atoms with Crippen molar-refractivity contribution in [1.82, 2.24) is 14.6 Å². The average Bonchev–Trinajstić information content (AvgIpc) is 3.19. The molecular formula is C21H25N3O2S. The minimum atomic E-state index is -3.36. The van der Waals surface area contributed by atoms with Gasteiger partial charge in [0.05, 0.1) is 4.90 Å². The van der Waals surface area contributed by atoms with Crippen molar-refractivity contribution >= 4 is 20.9 Å². The highest BCUT2D eigenvalue weighted by Crippen LogP contribution is 2.23. The van der Waals surface area contributed by atoms with Gasteiger partial charge in [0.15, 0.2) is 0 Å². The lowest BCUT2D eigenvalue weighted by atomic mass is 9.98. The number of benzene rings is 2. The number of hydrogen-bond donors (Lipinski definition) is 2. The van der Waals surface area contributed by atoms with Crippen molar-refractivity contribution in [3.8, 4) is 0 Å². The van der Waals surface area contributed by atoms with Crippen LogP contribution in [0.5, 0.6) is 0 Å². The van der Waals surface area contributed by atoms with E-state index in [1.165, 1.54) is 10.9 Å². The zero-order valence-corrected chi connectivity index (χ0v) is 16.1. The molecular weight excluding hydrogens is 358 g/mol. The molecule has 1 aliphatic heterocycles. The number of sulfonamides is 1. The zero-order valence-electron chi connectivity index (χ0n) is 15.3. The molecule has 1 saturated heterocycles. The Kier molecular flexibility index (Phi) is 5.29. The van der Waals surface area contributed by atoms with E-state index in [0.29, 0.717) is 23.9 Å². The van der Waals surface area contributed by atoms with Gasteiger partial charge in [-0.2, -0.15) is 4.31 Å². The van der Waals surface area contributed by atoms with Gasteiger partial charge in [-0.05, 0) is 55.1 Å². The van der Waals surface area contributed by atoms with Gasteiger partial charge in [-0.25, -0.2) is 8.42 Å². The lowest BCUT2D eigenvalue weighted by molar-refractivity contribution is 0.267. The Balaban J connectivity index is 1.29. The predicted octanol–water partition coefficient (Wildman–Crippen LogP) is 3.36. The maximum Gasteiger partial charge on any atom is 0.243 e. The molecule has 0 unspecified atom stereocenters. The average molecular weight is 384 g/mol. The molecule has 0 spiro atoms. The molecule has 0 bridgehead atoms. The quantitative estimate of drug-likeness (QED) is 0.686. The number of hydrogen-bond acceptors (Lipinski definition) is 3. The van der Waals surface area contributed by atoms with Crippen LogP contribution in [0.15, 0.2) is 65.7 Å². The highest BCUT2D eigenvalue weighted by Gasteiger charge is 2.28. The highest BCUT2D eigenvalue weighted by atomic mass is 32.2. The Labute approximate surface area is 160 Å². The first-order valence-corrected chi connectivity index (χ1v) is 10.9. The smallest absolute Gasteiger partial charge is 0.243 e. The minimum absolute atomic E-state index is 0.390. The number of aromatic nitrogens is 1. The van der Waals surface area contributed by atoms with Gasteiger partial charge >= 0.3 is 0 Å². The zero-order chi connectivity index (χ0) is 18.7. The number of aromatic amines is 1. The normalized spacial score (nSPS) is 16.7. The third-order valence-corrected chi connectivity index (χ3v) is 7.30. The molecule has 2 aromatic carbocycles. The van der Waals surface area contributed by atoms with Crippen LogP contribution in [0.4, 0.5) is 0 Å². The van der Waals surface area contributed by atoms with Crippen LogP contribution in [0.2, 0.25) is 0 Å². The van der Waals surface area contributed by atoms with Crippen LogP contribution in [-0.2, 0) is 16.6 Å². The molecule has 0 radical (unpaired) electrons. The first-order chi connectivity index (χ1) is 13.1. The van der Waals surface area contributed by atoms with Gasteiger partial charge in [0.25, 0.3) is 0 Å². The van der Waals surface area contributed by atoms with Crippen molar-refractivity contribution in [3.05, 3.63) is 66.4 Å². The van der Waals surface area contributed by atoms with E-state index in [-0.39, 0.29) is 0 Å². The molecule has 0 aliphatic carbocycles. The van der Waals surface area contributed by atoms with Gasteiger partial charge in [0.2, 0.25) is 10.0 Å². The summed E-state index contributed by atoms with van der Waals surface area (Å²) in [5.74, 6) is 0.512. The monoisotopic (exact) mass is 383 g/mol. The second-order valence-corrected chi connectivity index (χ2v) is 9.09. The topological polar surface area (TPSA) is 65.2 Å². The third kappa shape index (κ3) is 3.93. The minimum Gasteiger partial charge on any atom is -0.361 e. The summed E-state index contributed by atoms with van der Waals surface area (Å²) in [5, 5.41) is 4.81. The van der Waals surface area contributed by atoms with Crippen LogP contribution in [0, 0.1) is 5.92 Å². The number of nitrogens with zero attached hydrogens (tertiary/aromatic N) is 1. The lowest BCUT2D eigenvalue weighted by Gasteiger charge is -2.31. The Morgan fingerprint density at radius 1 is 1.00 bits per heavy atom. The molecule has 2 N–H and O–H groups in total. The van der Waals surface area contributed by atoms with Crippen molar-refractivity contribution < 1.29 is 8.42 Å². The van der Waals surface area contributed by atoms with Crippen LogP contribution >= 0.6 is 0 Å². The molecule has 0 atom stereocenters. The van der Waals surface area contributed by atoms with E-state index in [1.807, 2.05) is 12.3 Å². The molecule has 1 aromatic heterocycles. The van der Waals surface area contributed by atoms with Crippen LogP contribution in [0.3, 0.4) is 0 Å². The van der Waals surface area contributed by atoms with E-state index < -0.39 is 10.0 Å². The fourth-order valence-electron chi connectivity index (χ4n) is 3.81. The lowest BCUT2D eigenvalue weighted by Crippen LogP contribution is -2.40. The second-order valence-electron chi connectivity index (χ2n) is 7.15. The fraction of sp³-hybridized carbons (Fsp3) is 0.333. The third-order valence-electron chi connectivity index (χ3n) is 5.39. The fourth-order valence-corrected chi connectivity index (χ4v) is 5.30. The van der Waals surface area contributed by atoms with Gasteiger partial charge in [0.1, 0.15) is 0 Å². The largest absolute Gasteiger partial charge is 0.361 e. The Hall–Kier alpha value is -2.15. The first-order valence-electron chi connectivity index (χ1n) is 9.45. The van der Waals surface area contributed by atoms with Crippen molar-refractivity contribution in [2.24, 2.45) is 5.92 Å². The maximum absolute atomic E-state index is 12.7. The van der Waals surface area contributed by atoms with E-state index in [9.17, 15) is 8.42 Å². The maximum atomic E-state index is 12.7. The summed E-state index contributed by atoms with van der Waals surface area (Å²) in [6.45, 7) is 2.94. The Morgan fingerprint density at radius 2 is 1.78 bits per heavy atom. The molecule has 0 saturated carbocycles. The van der Waals surface area contributed by atoms with Crippen LogP contribution in [-0.4, -0.2) is 37.3 Å². The Morgan fingerprint density at radius 3 is 2.56 bits per heavy atom. The molecule has 3 aromatic rings. The van der Waals surface area contributed by atoms with Gasteiger partial charge in [-0.3, -0.25) is 0 Å². The molecule has 1 fully saturated rings. The van der Waals surface area contributed by atoms with Crippen molar-refractivity contribution in [3.63, 3.8) is 0 Å². The summed E-state index contributed by atoms with van der Waals surface area (Å²) < 4.78 is 27.0. The molecule has 0 amide bonds.